The van der Waals surface area contributed by atoms with E-state index in [1.807, 2.05) is 0 Å². The van der Waals surface area contributed by atoms with Crippen molar-refractivity contribution in [2.45, 2.75) is 44.9 Å². The number of fused-ring (bicyclic) bond motifs is 1. The maximum atomic E-state index is 13.1. The topological polar surface area (TPSA) is 131 Å². The lowest BCUT2D eigenvalue weighted by atomic mass is 10.1. The molecule has 2 aromatic heterocycles. The summed E-state index contributed by atoms with van der Waals surface area (Å²) in [5.41, 5.74) is -0.292. The fraction of sp³-hybridized carbons (Fsp3) is 0.526. The number of piperidine rings is 1. The predicted octanol–water partition coefficient (Wildman–Crippen LogP) is 0.807. The second-order valence-electron chi connectivity index (χ2n) is 8.21. The summed E-state index contributed by atoms with van der Waals surface area (Å²) in [6.07, 6.45) is 8.79. The van der Waals surface area contributed by atoms with Crippen LogP contribution in [-0.2, 0) is 21.4 Å². The van der Waals surface area contributed by atoms with Gasteiger partial charge in [-0.05, 0) is 26.7 Å². The first-order valence-corrected chi connectivity index (χ1v) is 11.8. The first-order valence-electron chi connectivity index (χ1n) is 9.97. The van der Waals surface area contributed by atoms with Gasteiger partial charge in [-0.2, -0.15) is 4.98 Å². The molecule has 0 aliphatic carbocycles. The average Bonchev–Trinajstić information content (AvgIpc) is 2.72. The van der Waals surface area contributed by atoms with Crippen molar-refractivity contribution in [3.8, 4) is 5.75 Å². The number of nitrogens with zero attached hydrogens (tertiary/aromatic N) is 6. The lowest BCUT2D eigenvalue weighted by Crippen LogP contribution is -2.52. The summed E-state index contributed by atoms with van der Waals surface area (Å²) < 4.78 is 30.7. The zero-order valence-electron chi connectivity index (χ0n) is 17.6. The van der Waals surface area contributed by atoms with Crippen LogP contribution in [0.25, 0.3) is 0 Å². The second-order valence-corrected chi connectivity index (χ2v) is 10.2. The molecule has 0 spiro atoms. The lowest BCUT2D eigenvalue weighted by molar-refractivity contribution is -0.133. The number of ether oxygens (including phenoxy) is 1. The van der Waals surface area contributed by atoms with Crippen LogP contribution in [0.3, 0.4) is 0 Å². The van der Waals surface area contributed by atoms with Crippen molar-refractivity contribution in [2.24, 2.45) is 0 Å². The smallest absolute Gasteiger partial charge is 0.272 e. The molecule has 2 aliphatic rings. The van der Waals surface area contributed by atoms with Gasteiger partial charge in [0.15, 0.2) is 17.2 Å². The normalized spacial score (nSPS) is 19.6. The van der Waals surface area contributed by atoms with Gasteiger partial charge in [0.2, 0.25) is 16.0 Å². The summed E-state index contributed by atoms with van der Waals surface area (Å²) in [5.74, 6) is 0.926. The van der Waals surface area contributed by atoms with E-state index < -0.39 is 15.6 Å². The van der Waals surface area contributed by atoms with E-state index in [-0.39, 0.29) is 18.5 Å². The predicted molar refractivity (Wildman–Crippen MR) is 113 cm³/mol. The molecule has 0 atom stereocenters. The first-order chi connectivity index (χ1) is 14.6. The molecule has 2 aliphatic heterocycles. The molecule has 0 unspecified atom stereocenters. The minimum atomic E-state index is -3.19. The van der Waals surface area contributed by atoms with Crippen LogP contribution in [-0.4, -0.2) is 69.6 Å². The third-order valence-electron chi connectivity index (χ3n) is 5.33. The van der Waals surface area contributed by atoms with Crippen molar-refractivity contribution in [2.75, 3.05) is 29.6 Å². The molecule has 4 heterocycles. The Morgan fingerprint density at radius 2 is 1.87 bits per heavy atom. The Bertz CT molecular complexity index is 1070. The van der Waals surface area contributed by atoms with E-state index in [2.05, 4.69) is 25.3 Å². The fourth-order valence-electron chi connectivity index (χ4n) is 3.69. The van der Waals surface area contributed by atoms with E-state index in [4.69, 9.17) is 4.74 Å². The molecule has 0 saturated carbocycles. The van der Waals surface area contributed by atoms with Gasteiger partial charge in [-0.3, -0.25) is 9.69 Å². The highest BCUT2D eigenvalue weighted by Crippen LogP contribution is 2.37. The largest absolute Gasteiger partial charge is 0.472 e. The molecule has 0 bridgehead atoms. The maximum Gasteiger partial charge on any atom is 0.272 e. The second kappa shape index (κ2) is 8.00. The summed E-state index contributed by atoms with van der Waals surface area (Å²) >= 11 is 0. The highest BCUT2D eigenvalue weighted by molar-refractivity contribution is 7.88. The number of sulfonamides is 1. The Balaban J connectivity index is 1.55. The molecule has 12 heteroatoms. The molecule has 0 radical (unpaired) electrons. The van der Waals surface area contributed by atoms with Crippen molar-refractivity contribution in [3.63, 3.8) is 0 Å². The number of aromatic nitrogens is 4. The number of amides is 1. The highest BCUT2D eigenvalue weighted by atomic mass is 32.2. The van der Waals surface area contributed by atoms with Crippen molar-refractivity contribution < 1.29 is 17.9 Å². The summed E-state index contributed by atoms with van der Waals surface area (Å²) in [6.45, 7) is 4.54. The zero-order chi connectivity index (χ0) is 22.2. The molecule has 2 aromatic rings. The molecular weight excluding hydrogens is 422 g/mol. The van der Waals surface area contributed by atoms with Crippen LogP contribution in [0.4, 0.5) is 11.8 Å². The van der Waals surface area contributed by atoms with E-state index in [0.717, 1.165) is 5.56 Å². The molecule has 1 saturated heterocycles. The number of rotatable bonds is 5. The highest BCUT2D eigenvalue weighted by Gasteiger charge is 2.42. The molecule has 1 amide bonds. The average molecular weight is 448 g/mol. The first kappa shape index (κ1) is 21.4. The Hall–Kier alpha value is -2.86. The monoisotopic (exact) mass is 447 g/mol. The van der Waals surface area contributed by atoms with Crippen molar-refractivity contribution in [1.29, 1.82) is 0 Å². The number of nitrogens with one attached hydrogen (secondary N) is 1. The van der Waals surface area contributed by atoms with Crippen molar-refractivity contribution in [3.05, 3.63) is 30.5 Å². The standard InChI is InChI=1S/C19H25N7O4S/c1-19(2)17(27)26(11-13-8-20-12-21-9-13)16-15(30-19)10-22-18(24-16)23-14-4-6-25(7-5-14)31(3,28)29/h8-10,12,14H,4-7,11H2,1-3H3,(H,22,23,24). The summed E-state index contributed by atoms with van der Waals surface area (Å²) in [4.78, 5) is 31.5. The molecule has 4 rings (SSSR count). The van der Waals surface area contributed by atoms with Gasteiger partial charge < -0.3 is 10.1 Å². The van der Waals surface area contributed by atoms with Gasteiger partial charge in [-0.25, -0.2) is 27.7 Å². The molecule has 31 heavy (non-hydrogen) atoms. The van der Waals surface area contributed by atoms with Crippen LogP contribution in [0.2, 0.25) is 0 Å². The number of hydrogen-bond acceptors (Lipinski definition) is 9. The number of anilines is 2. The SMILES string of the molecule is CC1(C)Oc2cnc(NC3CCN(S(C)(=O)=O)CC3)nc2N(Cc2cncnc2)C1=O. The molecule has 11 nitrogen and oxygen atoms in total. The van der Waals surface area contributed by atoms with E-state index in [1.165, 1.54) is 16.9 Å². The Labute approximate surface area is 180 Å². The summed E-state index contributed by atoms with van der Waals surface area (Å²) in [6, 6.07) is 0.0312. The van der Waals surface area contributed by atoms with Gasteiger partial charge in [-0.15, -0.1) is 0 Å². The Kier molecular flexibility index (Phi) is 5.52. The van der Waals surface area contributed by atoms with Crippen LogP contribution in [0.5, 0.6) is 5.75 Å². The summed E-state index contributed by atoms with van der Waals surface area (Å²) in [5, 5.41) is 3.26. The number of carbonyl (C=O) groups is 1. The van der Waals surface area contributed by atoms with Gasteiger partial charge in [0.1, 0.15) is 6.33 Å². The van der Waals surface area contributed by atoms with Crippen molar-refractivity contribution in [1.82, 2.24) is 24.2 Å². The number of hydrogen-bond donors (Lipinski definition) is 1. The maximum absolute atomic E-state index is 13.1. The Morgan fingerprint density at radius 1 is 1.19 bits per heavy atom. The van der Waals surface area contributed by atoms with Gasteiger partial charge in [0.05, 0.1) is 19.0 Å². The third kappa shape index (κ3) is 4.59. The minimum Gasteiger partial charge on any atom is -0.472 e. The minimum absolute atomic E-state index is 0.0312. The lowest BCUT2D eigenvalue weighted by Gasteiger charge is -2.38. The van der Waals surface area contributed by atoms with Crippen LogP contribution >= 0.6 is 0 Å². The van der Waals surface area contributed by atoms with E-state index in [1.54, 1.807) is 37.3 Å². The van der Waals surface area contributed by atoms with E-state index in [9.17, 15) is 13.2 Å². The van der Waals surface area contributed by atoms with Gasteiger partial charge in [0, 0.05) is 37.1 Å². The molecule has 1 fully saturated rings. The zero-order valence-corrected chi connectivity index (χ0v) is 18.5. The summed E-state index contributed by atoms with van der Waals surface area (Å²) in [7, 11) is -3.19. The van der Waals surface area contributed by atoms with Gasteiger partial charge in [0.25, 0.3) is 5.91 Å². The molecule has 0 aromatic carbocycles. The van der Waals surface area contributed by atoms with E-state index in [0.29, 0.717) is 43.4 Å². The van der Waals surface area contributed by atoms with E-state index >= 15 is 0 Å². The molecular formula is C19H25N7O4S. The number of carbonyl (C=O) groups excluding carboxylic acids is 1. The molecule has 1 N–H and O–H groups in total. The quantitative estimate of drug-likeness (QED) is 0.707. The third-order valence-corrected chi connectivity index (χ3v) is 6.63. The van der Waals surface area contributed by atoms with Crippen LogP contribution < -0.4 is 15.0 Å². The van der Waals surface area contributed by atoms with Crippen LogP contribution in [0.1, 0.15) is 32.3 Å². The van der Waals surface area contributed by atoms with Crippen LogP contribution in [0.15, 0.2) is 24.9 Å². The van der Waals surface area contributed by atoms with Gasteiger partial charge in [-0.1, -0.05) is 0 Å². The fourth-order valence-corrected chi connectivity index (χ4v) is 4.57. The van der Waals surface area contributed by atoms with Crippen molar-refractivity contribution >= 4 is 27.7 Å². The van der Waals surface area contributed by atoms with Crippen LogP contribution in [0, 0.1) is 0 Å². The molecule has 166 valence electrons. The Morgan fingerprint density at radius 3 is 2.52 bits per heavy atom. The van der Waals surface area contributed by atoms with Gasteiger partial charge >= 0.3 is 0 Å².